The topological polar surface area (TPSA) is 51.2 Å². The van der Waals surface area contributed by atoms with Crippen molar-refractivity contribution in [1.29, 1.82) is 0 Å². The quantitative estimate of drug-likeness (QED) is 0.868. The van der Waals surface area contributed by atoms with Crippen LogP contribution >= 0.6 is 27.5 Å². The van der Waals surface area contributed by atoms with Crippen LogP contribution in [0.3, 0.4) is 0 Å². The molecule has 0 fully saturated rings. The monoisotopic (exact) mass is 292 g/mol. The SMILES string of the molecule is COCCC(=O)Nc1cnc(Cl)c(Br)c1. The highest BCUT2D eigenvalue weighted by atomic mass is 79.9. The summed E-state index contributed by atoms with van der Waals surface area (Å²) >= 11 is 8.93. The number of carbonyl (C=O) groups excluding carboxylic acids is 1. The van der Waals surface area contributed by atoms with Crippen molar-refractivity contribution < 1.29 is 9.53 Å². The van der Waals surface area contributed by atoms with Crippen LogP contribution in [0.15, 0.2) is 16.7 Å². The average molecular weight is 294 g/mol. The number of halogens is 2. The number of rotatable bonds is 4. The molecule has 15 heavy (non-hydrogen) atoms. The first-order valence-electron chi connectivity index (χ1n) is 4.23. The van der Waals surface area contributed by atoms with Crippen LogP contribution in [-0.2, 0) is 9.53 Å². The van der Waals surface area contributed by atoms with E-state index >= 15 is 0 Å². The van der Waals surface area contributed by atoms with Gasteiger partial charge in [0.2, 0.25) is 5.91 Å². The normalized spacial score (nSPS) is 10.1. The van der Waals surface area contributed by atoms with Crippen LogP contribution in [0.5, 0.6) is 0 Å². The third kappa shape index (κ3) is 4.15. The molecule has 82 valence electrons. The van der Waals surface area contributed by atoms with Crippen LogP contribution in [-0.4, -0.2) is 24.6 Å². The summed E-state index contributed by atoms with van der Waals surface area (Å²) in [7, 11) is 1.55. The van der Waals surface area contributed by atoms with Crippen molar-refractivity contribution in [2.24, 2.45) is 0 Å². The van der Waals surface area contributed by atoms with E-state index in [4.69, 9.17) is 16.3 Å². The van der Waals surface area contributed by atoms with Gasteiger partial charge in [-0.05, 0) is 22.0 Å². The molecule has 0 unspecified atom stereocenters. The zero-order valence-corrected chi connectivity index (χ0v) is 10.4. The lowest BCUT2D eigenvalue weighted by atomic mass is 10.3. The van der Waals surface area contributed by atoms with Crippen molar-refractivity contribution >= 4 is 39.1 Å². The van der Waals surface area contributed by atoms with Crippen molar-refractivity contribution in [3.63, 3.8) is 0 Å². The summed E-state index contributed by atoms with van der Waals surface area (Å²) < 4.78 is 5.43. The highest BCUT2D eigenvalue weighted by Gasteiger charge is 2.04. The minimum absolute atomic E-state index is 0.118. The smallest absolute Gasteiger partial charge is 0.226 e. The molecule has 1 amide bonds. The number of ether oxygens (including phenoxy) is 1. The molecule has 1 N–H and O–H groups in total. The van der Waals surface area contributed by atoms with E-state index in [9.17, 15) is 4.79 Å². The lowest BCUT2D eigenvalue weighted by Crippen LogP contribution is -2.13. The zero-order chi connectivity index (χ0) is 11.3. The zero-order valence-electron chi connectivity index (χ0n) is 8.09. The Kier molecular flexibility index (Phi) is 5.01. The van der Waals surface area contributed by atoms with Crippen molar-refractivity contribution in [1.82, 2.24) is 4.98 Å². The number of carbonyl (C=O) groups is 1. The van der Waals surface area contributed by atoms with Crippen molar-refractivity contribution in [3.8, 4) is 0 Å². The van der Waals surface area contributed by atoms with Crippen LogP contribution in [0.2, 0.25) is 5.15 Å². The molecule has 4 nitrogen and oxygen atoms in total. The number of aromatic nitrogens is 1. The Bertz CT molecular complexity index is 360. The fraction of sp³-hybridized carbons (Fsp3) is 0.333. The van der Waals surface area contributed by atoms with Crippen molar-refractivity contribution in [3.05, 3.63) is 21.9 Å². The molecule has 1 heterocycles. The fourth-order valence-electron chi connectivity index (χ4n) is 0.908. The maximum Gasteiger partial charge on any atom is 0.226 e. The molecule has 0 spiro atoms. The minimum Gasteiger partial charge on any atom is -0.384 e. The van der Waals surface area contributed by atoms with Crippen molar-refractivity contribution in [2.75, 3.05) is 19.0 Å². The minimum atomic E-state index is -0.118. The molecule has 0 saturated heterocycles. The third-order valence-corrected chi connectivity index (χ3v) is 2.75. The van der Waals surface area contributed by atoms with E-state index in [1.165, 1.54) is 6.20 Å². The molecule has 0 radical (unpaired) electrons. The molecule has 1 aromatic heterocycles. The highest BCUT2D eigenvalue weighted by Crippen LogP contribution is 2.22. The van der Waals surface area contributed by atoms with Gasteiger partial charge >= 0.3 is 0 Å². The number of anilines is 1. The number of nitrogens with zero attached hydrogens (tertiary/aromatic N) is 1. The summed E-state index contributed by atoms with van der Waals surface area (Å²) in [6.45, 7) is 0.397. The van der Waals surface area contributed by atoms with Gasteiger partial charge in [0.1, 0.15) is 5.15 Å². The fourth-order valence-corrected chi connectivity index (χ4v) is 1.36. The molecule has 1 aromatic rings. The molecular weight excluding hydrogens is 283 g/mol. The van der Waals surface area contributed by atoms with Gasteiger partial charge in [-0.25, -0.2) is 4.98 Å². The summed E-state index contributed by atoms with van der Waals surface area (Å²) in [5.41, 5.74) is 0.604. The molecule has 1 rings (SSSR count). The molecule has 0 aliphatic rings. The molecule has 0 saturated carbocycles. The Balaban J connectivity index is 2.57. The number of hydrogen-bond acceptors (Lipinski definition) is 3. The Morgan fingerprint density at radius 1 is 1.73 bits per heavy atom. The maximum absolute atomic E-state index is 11.3. The molecular formula is C9H10BrClN2O2. The summed E-state index contributed by atoms with van der Waals surface area (Å²) in [5.74, 6) is -0.118. The second-order valence-electron chi connectivity index (χ2n) is 2.79. The first-order valence-corrected chi connectivity index (χ1v) is 5.40. The van der Waals surface area contributed by atoms with E-state index in [-0.39, 0.29) is 5.91 Å². The summed E-state index contributed by atoms with van der Waals surface area (Å²) in [5, 5.41) is 3.04. The standard InChI is InChI=1S/C9H10BrClN2O2/c1-15-3-2-8(14)13-6-4-7(10)9(11)12-5-6/h4-5H,2-3H2,1H3,(H,13,14). The number of methoxy groups -OCH3 is 1. The van der Waals surface area contributed by atoms with E-state index in [0.29, 0.717) is 28.3 Å². The summed E-state index contributed by atoms with van der Waals surface area (Å²) in [4.78, 5) is 15.2. The van der Waals surface area contributed by atoms with E-state index < -0.39 is 0 Å². The lowest BCUT2D eigenvalue weighted by molar-refractivity contribution is -0.117. The summed E-state index contributed by atoms with van der Waals surface area (Å²) in [6, 6.07) is 1.69. The van der Waals surface area contributed by atoms with Gasteiger partial charge in [-0.3, -0.25) is 4.79 Å². The van der Waals surface area contributed by atoms with Gasteiger partial charge in [-0.1, -0.05) is 11.6 Å². The molecule has 6 heteroatoms. The van der Waals surface area contributed by atoms with Gasteiger partial charge in [0.15, 0.2) is 0 Å². The number of amides is 1. The van der Waals surface area contributed by atoms with E-state index in [2.05, 4.69) is 26.2 Å². The lowest BCUT2D eigenvalue weighted by Gasteiger charge is -2.05. The van der Waals surface area contributed by atoms with Crippen LogP contribution in [0.4, 0.5) is 5.69 Å². The van der Waals surface area contributed by atoms with Crippen LogP contribution in [0, 0.1) is 0 Å². The van der Waals surface area contributed by atoms with E-state index in [0.717, 1.165) is 0 Å². The number of hydrogen-bond donors (Lipinski definition) is 1. The van der Waals surface area contributed by atoms with Crippen molar-refractivity contribution in [2.45, 2.75) is 6.42 Å². The molecule has 0 atom stereocenters. The Morgan fingerprint density at radius 3 is 3.07 bits per heavy atom. The molecule has 0 bridgehead atoms. The maximum atomic E-state index is 11.3. The van der Waals surface area contributed by atoms with Gasteiger partial charge in [-0.15, -0.1) is 0 Å². The first kappa shape index (κ1) is 12.4. The predicted octanol–water partition coefficient (Wildman–Crippen LogP) is 2.47. The number of pyridine rings is 1. The van der Waals surface area contributed by atoms with Gasteiger partial charge in [-0.2, -0.15) is 0 Å². The largest absolute Gasteiger partial charge is 0.384 e. The van der Waals surface area contributed by atoms with Gasteiger partial charge in [0.25, 0.3) is 0 Å². The summed E-state index contributed by atoms with van der Waals surface area (Å²) in [6.07, 6.45) is 1.81. The second-order valence-corrected chi connectivity index (χ2v) is 4.00. The Morgan fingerprint density at radius 2 is 2.47 bits per heavy atom. The molecule has 0 aromatic carbocycles. The predicted molar refractivity (Wildman–Crippen MR) is 62.1 cm³/mol. The molecule has 0 aliphatic carbocycles. The first-order chi connectivity index (χ1) is 7.13. The van der Waals surface area contributed by atoms with Gasteiger partial charge in [0, 0.05) is 7.11 Å². The van der Waals surface area contributed by atoms with E-state index in [1.54, 1.807) is 13.2 Å². The number of nitrogens with one attached hydrogen (secondary N) is 1. The van der Waals surface area contributed by atoms with Crippen LogP contribution in [0.25, 0.3) is 0 Å². The van der Waals surface area contributed by atoms with Crippen LogP contribution in [0.1, 0.15) is 6.42 Å². The second kappa shape index (κ2) is 6.05. The van der Waals surface area contributed by atoms with Crippen LogP contribution < -0.4 is 5.32 Å². The Hall–Kier alpha value is -0.650. The highest BCUT2D eigenvalue weighted by molar-refractivity contribution is 9.10. The average Bonchev–Trinajstić information content (AvgIpc) is 2.20. The molecule has 0 aliphatic heterocycles. The van der Waals surface area contributed by atoms with E-state index in [1.807, 2.05) is 0 Å². The Labute approximate surface area is 101 Å². The third-order valence-electron chi connectivity index (χ3n) is 1.61. The van der Waals surface area contributed by atoms with Gasteiger partial charge < -0.3 is 10.1 Å². The van der Waals surface area contributed by atoms with Gasteiger partial charge in [0.05, 0.1) is 29.4 Å².